The molecule has 2 aromatic heterocycles. The summed E-state index contributed by atoms with van der Waals surface area (Å²) in [5.74, 6) is 2.16. The molecule has 0 N–H and O–H groups in total. The highest BCUT2D eigenvalue weighted by molar-refractivity contribution is 7.91. The number of rotatable bonds is 3. The summed E-state index contributed by atoms with van der Waals surface area (Å²) in [5.41, 5.74) is 0. The molecule has 27 heavy (non-hydrogen) atoms. The molecule has 1 saturated heterocycles. The van der Waals surface area contributed by atoms with Gasteiger partial charge in [-0.25, -0.2) is 8.42 Å². The van der Waals surface area contributed by atoms with Gasteiger partial charge >= 0.3 is 0 Å². The summed E-state index contributed by atoms with van der Waals surface area (Å²) in [5, 5.41) is 10.5. The number of hydrogen-bond donors (Lipinski definition) is 0. The van der Waals surface area contributed by atoms with Crippen LogP contribution >= 0.6 is 11.3 Å². The predicted octanol–water partition coefficient (Wildman–Crippen LogP) is 1.31. The lowest BCUT2D eigenvalue weighted by molar-refractivity contribution is -0.129. The fraction of sp³-hybridized carbons (Fsp3) is 0.588. The number of sulfonamides is 1. The highest BCUT2D eigenvalue weighted by atomic mass is 32.2. The van der Waals surface area contributed by atoms with Crippen LogP contribution in [0.1, 0.15) is 37.3 Å². The topological polar surface area (TPSA) is 88.4 Å². The Labute approximate surface area is 162 Å². The third-order valence-electron chi connectivity index (χ3n) is 5.41. The van der Waals surface area contributed by atoms with Crippen molar-refractivity contribution in [3.63, 3.8) is 0 Å². The van der Waals surface area contributed by atoms with E-state index in [9.17, 15) is 13.2 Å². The third-order valence-corrected chi connectivity index (χ3v) is 8.68. The number of amides is 1. The molecule has 1 fully saturated rings. The fourth-order valence-electron chi connectivity index (χ4n) is 3.86. The fourth-order valence-corrected chi connectivity index (χ4v) is 6.43. The van der Waals surface area contributed by atoms with Crippen molar-refractivity contribution in [3.8, 4) is 0 Å². The summed E-state index contributed by atoms with van der Waals surface area (Å²) in [6.45, 7) is 4.48. The molecule has 146 valence electrons. The van der Waals surface area contributed by atoms with Crippen LogP contribution in [0.15, 0.2) is 21.7 Å². The highest BCUT2D eigenvalue weighted by Crippen LogP contribution is 2.29. The van der Waals surface area contributed by atoms with Crippen molar-refractivity contribution in [1.82, 2.24) is 24.0 Å². The van der Waals surface area contributed by atoms with Gasteiger partial charge < -0.3 is 9.47 Å². The summed E-state index contributed by atoms with van der Waals surface area (Å²) in [4.78, 5) is 13.4. The van der Waals surface area contributed by atoms with Gasteiger partial charge in [-0.2, -0.15) is 4.31 Å². The summed E-state index contributed by atoms with van der Waals surface area (Å²) < 4.78 is 29.7. The first-order chi connectivity index (χ1) is 13.0. The van der Waals surface area contributed by atoms with Gasteiger partial charge in [0.25, 0.3) is 10.0 Å². The average molecular weight is 410 g/mol. The Kier molecular flexibility index (Phi) is 5.04. The SMILES string of the molecule is CC(=O)N1CCC(c2nnc3n2CCN(S(=O)(=O)c2cccs2)CC3)CC1. The van der Waals surface area contributed by atoms with Gasteiger partial charge in [-0.15, -0.1) is 21.5 Å². The van der Waals surface area contributed by atoms with Gasteiger partial charge in [0.2, 0.25) is 5.91 Å². The zero-order valence-corrected chi connectivity index (χ0v) is 16.9. The lowest BCUT2D eigenvalue weighted by Crippen LogP contribution is -2.37. The van der Waals surface area contributed by atoms with Gasteiger partial charge in [0.15, 0.2) is 0 Å². The molecule has 0 saturated carbocycles. The summed E-state index contributed by atoms with van der Waals surface area (Å²) in [6, 6.07) is 3.41. The summed E-state index contributed by atoms with van der Waals surface area (Å²) >= 11 is 1.25. The molecule has 4 heterocycles. The molecule has 1 amide bonds. The minimum absolute atomic E-state index is 0.114. The Balaban J connectivity index is 1.49. The zero-order chi connectivity index (χ0) is 19.0. The second-order valence-corrected chi connectivity index (χ2v) is 10.1. The maximum Gasteiger partial charge on any atom is 0.252 e. The number of nitrogens with zero attached hydrogens (tertiary/aromatic N) is 5. The van der Waals surface area contributed by atoms with Crippen LogP contribution in [-0.4, -0.2) is 64.5 Å². The number of carbonyl (C=O) groups is 1. The molecule has 0 aromatic carbocycles. The van der Waals surface area contributed by atoms with E-state index in [1.165, 1.54) is 11.3 Å². The van der Waals surface area contributed by atoms with Gasteiger partial charge in [-0.3, -0.25) is 4.79 Å². The standard InChI is InChI=1S/C17H23N5O3S2/c1-13(23)20-7-4-14(5-8-20)17-19-18-15-6-9-21(10-11-22(15)17)27(24,25)16-3-2-12-26-16/h2-3,12,14H,4-11H2,1H3. The Bertz CT molecular complexity index is 915. The van der Waals surface area contributed by atoms with Crippen LogP contribution in [0.5, 0.6) is 0 Å². The molecule has 8 nitrogen and oxygen atoms in total. The van der Waals surface area contributed by atoms with Crippen molar-refractivity contribution in [3.05, 3.63) is 29.2 Å². The Morgan fingerprint density at radius 1 is 1.15 bits per heavy atom. The Morgan fingerprint density at radius 3 is 2.59 bits per heavy atom. The van der Waals surface area contributed by atoms with Crippen LogP contribution in [0.4, 0.5) is 0 Å². The normalized spacial score (nSPS) is 19.7. The molecule has 2 aliphatic heterocycles. The van der Waals surface area contributed by atoms with Gasteiger partial charge in [-0.1, -0.05) is 6.07 Å². The number of likely N-dealkylation sites (tertiary alicyclic amines) is 1. The molecule has 0 aliphatic carbocycles. The molecule has 0 atom stereocenters. The van der Waals surface area contributed by atoms with E-state index >= 15 is 0 Å². The zero-order valence-electron chi connectivity index (χ0n) is 15.2. The quantitative estimate of drug-likeness (QED) is 0.763. The molecule has 0 unspecified atom stereocenters. The summed E-state index contributed by atoms with van der Waals surface area (Å²) in [6.07, 6.45) is 2.30. The third kappa shape index (κ3) is 3.53. The van der Waals surface area contributed by atoms with Gasteiger partial charge in [-0.05, 0) is 24.3 Å². The van der Waals surface area contributed by atoms with Crippen molar-refractivity contribution >= 4 is 27.3 Å². The highest BCUT2D eigenvalue weighted by Gasteiger charge is 2.31. The minimum atomic E-state index is -3.45. The summed E-state index contributed by atoms with van der Waals surface area (Å²) in [7, 11) is -3.45. The number of thiophene rings is 1. The Hall–Kier alpha value is -1.78. The van der Waals surface area contributed by atoms with E-state index in [1.807, 2.05) is 4.90 Å². The van der Waals surface area contributed by atoms with Crippen molar-refractivity contribution in [2.75, 3.05) is 26.2 Å². The monoisotopic (exact) mass is 409 g/mol. The smallest absolute Gasteiger partial charge is 0.252 e. The average Bonchev–Trinajstić information content (AvgIpc) is 3.28. The van der Waals surface area contributed by atoms with Crippen molar-refractivity contribution in [2.24, 2.45) is 0 Å². The molecule has 2 aromatic rings. The van der Waals surface area contributed by atoms with Crippen LogP contribution in [0, 0.1) is 0 Å². The second-order valence-electron chi connectivity index (χ2n) is 6.99. The van der Waals surface area contributed by atoms with E-state index in [0.717, 1.165) is 37.6 Å². The van der Waals surface area contributed by atoms with E-state index < -0.39 is 10.0 Å². The molecule has 0 bridgehead atoms. The van der Waals surface area contributed by atoms with Gasteiger partial charge in [0, 0.05) is 52.0 Å². The van der Waals surface area contributed by atoms with Crippen LogP contribution in [0.25, 0.3) is 0 Å². The van der Waals surface area contributed by atoms with E-state index in [-0.39, 0.29) is 11.8 Å². The van der Waals surface area contributed by atoms with Crippen molar-refractivity contribution in [1.29, 1.82) is 0 Å². The van der Waals surface area contributed by atoms with E-state index in [0.29, 0.717) is 30.3 Å². The number of aromatic nitrogens is 3. The first-order valence-electron chi connectivity index (χ1n) is 9.18. The lowest BCUT2D eigenvalue weighted by atomic mass is 9.96. The van der Waals surface area contributed by atoms with Crippen molar-refractivity contribution < 1.29 is 13.2 Å². The van der Waals surface area contributed by atoms with Crippen LogP contribution < -0.4 is 0 Å². The maximum absolute atomic E-state index is 12.8. The number of piperidine rings is 1. The molecular weight excluding hydrogens is 386 g/mol. The van der Waals surface area contributed by atoms with Crippen LogP contribution in [0.2, 0.25) is 0 Å². The lowest BCUT2D eigenvalue weighted by Gasteiger charge is -2.31. The van der Waals surface area contributed by atoms with E-state index in [2.05, 4.69) is 14.8 Å². The number of carbonyl (C=O) groups excluding carboxylic acids is 1. The molecule has 0 radical (unpaired) electrons. The molecule has 10 heteroatoms. The molecule has 4 rings (SSSR count). The number of fused-ring (bicyclic) bond motifs is 1. The van der Waals surface area contributed by atoms with Crippen LogP contribution in [0.3, 0.4) is 0 Å². The number of hydrogen-bond acceptors (Lipinski definition) is 6. The van der Waals surface area contributed by atoms with Crippen molar-refractivity contribution in [2.45, 2.75) is 42.9 Å². The predicted molar refractivity (Wildman–Crippen MR) is 101 cm³/mol. The largest absolute Gasteiger partial charge is 0.343 e. The van der Waals surface area contributed by atoms with E-state index in [1.54, 1.807) is 28.7 Å². The minimum Gasteiger partial charge on any atom is -0.343 e. The first kappa shape index (κ1) is 18.6. The second kappa shape index (κ2) is 7.33. The first-order valence-corrected chi connectivity index (χ1v) is 11.5. The van der Waals surface area contributed by atoms with Crippen LogP contribution in [-0.2, 0) is 27.8 Å². The van der Waals surface area contributed by atoms with Gasteiger partial charge in [0.05, 0.1) is 0 Å². The van der Waals surface area contributed by atoms with Gasteiger partial charge in [0.1, 0.15) is 15.9 Å². The Morgan fingerprint density at radius 2 is 1.93 bits per heavy atom. The maximum atomic E-state index is 12.8. The molecule has 2 aliphatic rings. The molecular formula is C17H23N5O3S2. The van der Waals surface area contributed by atoms with E-state index in [4.69, 9.17) is 0 Å². The molecule has 0 spiro atoms.